The zero-order valence-corrected chi connectivity index (χ0v) is 15.0. The molecule has 0 saturated heterocycles. The minimum Gasteiger partial charge on any atom is -0.368 e. The van der Waals surface area contributed by atoms with Crippen LogP contribution in [0.15, 0.2) is 54.6 Å². The molecule has 2 amide bonds. The fourth-order valence-corrected chi connectivity index (χ4v) is 3.65. The Balaban J connectivity index is 1.60. The molecule has 0 unspecified atom stereocenters. The molecule has 136 valence electrons. The van der Waals surface area contributed by atoms with Crippen LogP contribution in [0.25, 0.3) is 11.1 Å². The van der Waals surface area contributed by atoms with Gasteiger partial charge in [0.25, 0.3) is 0 Å². The summed E-state index contributed by atoms with van der Waals surface area (Å²) in [6, 6.07) is 17.5. The Morgan fingerprint density at radius 2 is 1.58 bits per heavy atom. The molecule has 0 heterocycles. The molecule has 3 rings (SSSR count). The summed E-state index contributed by atoms with van der Waals surface area (Å²) < 4.78 is 0. The Bertz CT molecular complexity index is 734. The van der Waals surface area contributed by atoms with Crippen LogP contribution in [0.1, 0.15) is 37.7 Å². The Hall–Kier alpha value is -2.62. The second kappa shape index (κ2) is 8.65. The first kappa shape index (κ1) is 18.2. The quantitative estimate of drug-likeness (QED) is 0.803. The van der Waals surface area contributed by atoms with Gasteiger partial charge in [0, 0.05) is 12.8 Å². The molecule has 0 bridgehead atoms. The van der Waals surface area contributed by atoms with Gasteiger partial charge in [-0.15, -0.1) is 0 Å². The fourth-order valence-electron chi connectivity index (χ4n) is 3.65. The number of nitrogens with two attached hydrogens (primary N) is 1. The van der Waals surface area contributed by atoms with E-state index >= 15 is 0 Å². The predicted octanol–water partition coefficient (Wildman–Crippen LogP) is 3.45. The largest absolute Gasteiger partial charge is 0.368 e. The first-order chi connectivity index (χ1) is 12.6. The molecule has 1 fully saturated rings. The number of nitrogens with one attached hydrogen (secondary N) is 1. The summed E-state index contributed by atoms with van der Waals surface area (Å²) in [7, 11) is 0. The van der Waals surface area contributed by atoms with Crippen molar-refractivity contribution in [3.63, 3.8) is 0 Å². The van der Waals surface area contributed by atoms with Gasteiger partial charge in [0.1, 0.15) is 6.04 Å². The first-order valence-corrected chi connectivity index (χ1v) is 9.35. The molecule has 1 aliphatic carbocycles. The van der Waals surface area contributed by atoms with Gasteiger partial charge in [-0.3, -0.25) is 9.59 Å². The van der Waals surface area contributed by atoms with E-state index < -0.39 is 11.9 Å². The molecule has 3 N–H and O–H groups in total. The number of hydrogen-bond donors (Lipinski definition) is 2. The molecule has 0 aromatic heterocycles. The summed E-state index contributed by atoms with van der Waals surface area (Å²) in [5, 5.41) is 2.82. The van der Waals surface area contributed by atoms with Crippen molar-refractivity contribution in [3.8, 4) is 11.1 Å². The monoisotopic (exact) mass is 350 g/mol. The lowest BCUT2D eigenvalue weighted by Gasteiger charge is -2.17. The number of rotatable bonds is 7. The Morgan fingerprint density at radius 1 is 0.962 bits per heavy atom. The van der Waals surface area contributed by atoms with Gasteiger partial charge < -0.3 is 11.1 Å². The summed E-state index contributed by atoms with van der Waals surface area (Å²) in [6.45, 7) is 0. The molecule has 0 spiro atoms. The Kier molecular flexibility index (Phi) is 6.05. The number of carbonyl (C=O) groups is 2. The summed E-state index contributed by atoms with van der Waals surface area (Å²) in [6.07, 6.45) is 5.53. The molecular formula is C22H26N2O2. The van der Waals surface area contributed by atoms with Gasteiger partial charge in [0.05, 0.1) is 0 Å². The molecular weight excluding hydrogens is 324 g/mol. The van der Waals surface area contributed by atoms with Crippen LogP contribution in [0.3, 0.4) is 0 Å². The predicted molar refractivity (Wildman–Crippen MR) is 103 cm³/mol. The van der Waals surface area contributed by atoms with Crippen LogP contribution < -0.4 is 11.1 Å². The maximum Gasteiger partial charge on any atom is 0.240 e. The number of primary amides is 1. The number of carbonyl (C=O) groups excluding carboxylic acids is 2. The molecule has 1 aliphatic rings. The Labute approximate surface area is 154 Å². The van der Waals surface area contributed by atoms with E-state index in [1.807, 2.05) is 42.5 Å². The summed E-state index contributed by atoms with van der Waals surface area (Å²) in [5.41, 5.74) is 8.76. The summed E-state index contributed by atoms with van der Waals surface area (Å²) >= 11 is 0. The van der Waals surface area contributed by atoms with E-state index in [9.17, 15) is 9.59 Å². The van der Waals surface area contributed by atoms with Crippen molar-refractivity contribution in [3.05, 3.63) is 60.2 Å². The van der Waals surface area contributed by atoms with Crippen LogP contribution in [-0.4, -0.2) is 17.9 Å². The smallest absolute Gasteiger partial charge is 0.240 e. The van der Waals surface area contributed by atoms with Crippen molar-refractivity contribution < 1.29 is 9.59 Å². The van der Waals surface area contributed by atoms with E-state index in [-0.39, 0.29) is 5.91 Å². The lowest BCUT2D eigenvalue weighted by molar-refractivity contribution is -0.127. The van der Waals surface area contributed by atoms with E-state index in [1.165, 1.54) is 12.8 Å². The molecule has 1 saturated carbocycles. The molecule has 1 atom stereocenters. The van der Waals surface area contributed by atoms with Crippen LogP contribution in [0, 0.1) is 5.92 Å². The van der Waals surface area contributed by atoms with Crippen molar-refractivity contribution in [2.24, 2.45) is 11.7 Å². The zero-order chi connectivity index (χ0) is 18.4. The van der Waals surface area contributed by atoms with Gasteiger partial charge in [-0.2, -0.15) is 0 Å². The average molecular weight is 350 g/mol. The second-order valence-electron chi connectivity index (χ2n) is 7.14. The van der Waals surface area contributed by atoms with Crippen molar-refractivity contribution in [2.45, 2.75) is 44.6 Å². The van der Waals surface area contributed by atoms with Crippen LogP contribution >= 0.6 is 0 Å². The highest BCUT2D eigenvalue weighted by Crippen LogP contribution is 2.27. The fraction of sp³-hybridized carbons (Fsp3) is 0.364. The lowest BCUT2D eigenvalue weighted by Crippen LogP contribution is -2.46. The van der Waals surface area contributed by atoms with Gasteiger partial charge in [0.2, 0.25) is 11.8 Å². The van der Waals surface area contributed by atoms with Crippen LogP contribution in [0.4, 0.5) is 0 Å². The maximum absolute atomic E-state index is 12.2. The van der Waals surface area contributed by atoms with E-state index in [4.69, 9.17) is 5.73 Å². The second-order valence-corrected chi connectivity index (χ2v) is 7.14. The third-order valence-corrected chi connectivity index (χ3v) is 5.13. The molecule has 4 nitrogen and oxygen atoms in total. The van der Waals surface area contributed by atoms with Gasteiger partial charge in [0.15, 0.2) is 0 Å². The van der Waals surface area contributed by atoms with Crippen molar-refractivity contribution in [1.29, 1.82) is 0 Å². The highest BCUT2D eigenvalue weighted by Gasteiger charge is 2.22. The van der Waals surface area contributed by atoms with Gasteiger partial charge in [-0.1, -0.05) is 67.4 Å². The standard InChI is InChI=1S/C22H26N2O2/c23-22(26)20(24-21(25)15-16-6-4-5-7-16)14-17-10-12-19(13-11-17)18-8-2-1-3-9-18/h1-3,8-13,16,20H,4-7,14-15H2,(H2,23,26)(H,24,25)/t20-/m1/s1. The number of benzene rings is 2. The van der Waals surface area contributed by atoms with Gasteiger partial charge >= 0.3 is 0 Å². The molecule has 0 radical (unpaired) electrons. The van der Waals surface area contributed by atoms with Crippen molar-refractivity contribution in [1.82, 2.24) is 5.32 Å². The topological polar surface area (TPSA) is 72.2 Å². The molecule has 26 heavy (non-hydrogen) atoms. The van der Waals surface area contributed by atoms with E-state index in [1.54, 1.807) is 0 Å². The van der Waals surface area contributed by atoms with Crippen molar-refractivity contribution in [2.75, 3.05) is 0 Å². The molecule has 4 heteroatoms. The number of amides is 2. The van der Waals surface area contributed by atoms with Crippen molar-refractivity contribution >= 4 is 11.8 Å². The highest BCUT2D eigenvalue weighted by atomic mass is 16.2. The zero-order valence-electron chi connectivity index (χ0n) is 15.0. The third-order valence-electron chi connectivity index (χ3n) is 5.13. The van der Waals surface area contributed by atoms with Crippen LogP contribution in [0.5, 0.6) is 0 Å². The van der Waals surface area contributed by atoms with E-state index in [0.717, 1.165) is 29.5 Å². The average Bonchev–Trinajstić information content (AvgIpc) is 3.15. The Morgan fingerprint density at radius 3 is 2.19 bits per heavy atom. The van der Waals surface area contributed by atoms with Gasteiger partial charge in [-0.25, -0.2) is 0 Å². The minimum absolute atomic E-state index is 0.0680. The molecule has 2 aromatic carbocycles. The van der Waals surface area contributed by atoms with E-state index in [0.29, 0.717) is 18.8 Å². The van der Waals surface area contributed by atoms with E-state index in [2.05, 4.69) is 17.4 Å². The van der Waals surface area contributed by atoms with Crippen LogP contribution in [-0.2, 0) is 16.0 Å². The highest BCUT2D eigenvalue weighted by molar-refractivity contribution is 5.86. The van der Waals surface area contributed by atoms with Gasteiger partial charge in [-0.05, 0) is 35.4 Å². The maximum atomic E-state index is 12.2. The first-order valence-electron chi connectivity index (χ1n) is 9.35. The normalized spacial score (nSPS) is 15.5. The number of hydrogen-bond acceptors (Lipinski definition) is 2. The summed E-state index contributed by atoms with van der Waals surface area (Å²) in [4.78, 5) is 24.0. The lowest BCUT2D eigenvalue weighted by atomic mass is 9.99. The summed E-state index contributed by atoms with van der Waals surface area (Å²) in [5.74, 6) is -0.104. The molecule has 0 aliphatic heterocycles. The third kappa shape index (κ3) is 4.94. The van der Waals surface area contributed by atoms with Crippen LogP contribution in [0.2, 0.25) is 0 Å². The minimum atomic E-state index is -0.661. The molecule has 2 aromatic rings. The SMILES string of the molecule is NC(=O)[C@@H](Cc1ccc(-c2ccccc2)cc1)NC(=O)CC1CCCC1.